The van der Waals surface area contributed by atoms with Crippen molar-refractivity contribution in [3.05, 3.63) is 158 Å². The minimum absolute atomic E-state index is 1.17. The predicted octanol–water partition coefficient (Wildman–Crippen LogP) is 10.1. The molecule has 0 bridgehead atoms. The molecule has 0 amide bonds. The zero-order chi connectivity index (χ0) is 25.7. The van der Waals surface area contributed by atoms with Gasteiger partial charge in [0, 0.05) is 29.5 Å². The zero-order valence-corrected chi connectivity index (χ0v) is 21.5. The second-order valence-electron chi connectivity index (χ2n) is 9.48. The fourth-order valence-electron chi connectivity index (χ4n) is 5.10. The Morgan fingerprint density at radius 2 is 0.579 bits per heavy atom. The highest BCUT2D eigenvalue weighted by Crippen LogP contribution is 2.39. The quantitative estimate of drug-likeness (QED) is 0.226. The van der Waals surface area contributed by atoms with E-state index >= 15 is 0 Å². The van der Waals surface area contributed by atoms with Gasteiger partial charge in [-0.2, -0.15) is 0 Å². The molecular formula is C37H29N. The van der Waals surface area contributed by atoms with Crippen LogP contribution in [0.2, 0.25) is 0 Å². The lowest BCUT2D eigenvalue weighted by molar-refractivity contribution is 1.21. The lowest BCUT2D eigenvalue weighted by Gasteiger charge is -2.25. The van der Waals surface area contributed by atoms with Crippen LogP contribution in [0.1, 0.15) is 0 Å². The van der Waals surface area contributed by atoms with E-state index in [1.54, 1.807) is 0 Å². The van der Waals surface area contributed by atoms with Gasteiger partial charge in [0.25, 0.3) is 0 Å². The van der Waals surface area contributed by atoms with Crippen LogP contribution in [0.25, 0.3) is 44.5 Å². The van der Waals surface area contributed by atoms with E-state index in [1.807, 2.05) is 0 Å². The van der Waals surface area contributed by atoms with Crippen molar-refractivity contribution in [3.8, 4) is 44.5 Å². The molecule has 0 aromatic heterocycles. The number of para-hydroxylation sites is 2. The van der Waals surface area contributed by atoms with Gasteiger partial charge in [-0.1, -0.05) is 146 Å². The van der Waals surface area contributed by atoms with Crippen molar-refractivity contribution >= 4 is 11.4 Å². The summed E-state index contributed by atoms with van der Waals surface area (Å²) in [6.45, 7) is 0. The summed E-state index contributed by atoms with van der Waals surface area (Å²) in [5.41, 5.74) is 12.1. The maximum atomic E-state index is 2.31. The molecule has 6 aromatic rings. The van der Waals surface area contributed by atoms with Gasteiger partial charge in [0.1, 0.15) is 0 Å². The summed E-state index contributed by atoms with van der Waals surface area (Å²) in [6, 6.07) is 56.1. The Bertz CT molecular complexity index is 1510. The van der Waals surface area contributed by atoms with Crippen LogP contribution >= 0.6 is 0 Å². The van der Waals surface area contributed by atoms with Crippen molar-refractivity contribution in [1.29, 1.82) is 0 Å². The maximum Gasteiger partial charge on any atom is 0.0487 e. The van der Waals surface area contributed by atoms with Crippen LogP contribution in [-0.4, -0.2) is 7.05 Å². The van der Waals surface area contributed by atoms with Crippen molar-refractivity contribution < 1.29 is 0 Å². The molecule has 0 saturated carbocycles. The van der Waals surface area contributed by atoms with E-state index in [9.17, 15) is 0 Å². The van der Waals surface area contributed by atoms with E-state index in [0.29, 0.717) is 0 Å². The molecule has 0 heterocycles. The third-order valence-electron chi connectivity index (χ3n) is 7.14. The first-order valence-corrected chi connectivity index (χ1v) is 13.0. The molecule has 0 unspecified atom stereocenters. The van der Waals surface area contributed by atoms with Gasteiger partial charge < -0.3 is 4.90 Å². The molecule has 0 radical (unpaired) electrons. The smallest absolute Gasteiger partial charge is 0.0487 e. The predicted molar refractivity (Wildman–Crippen MR) is 163 cm³/mol. The molecule has 0 fully saturated rings. The van der Waals surface area contributed by atoms with Crippen molar-refractivity contribution in [3.63, 3.8) is 0 Å². The van der Waals surface area contributed by atoms with Crippen LogP contribution in [0.5, 0.6) is 0 Å². The molecule has 6 aromatic carbocycles. The molecule has 0 aliphatic carbocycles. The Morgan fingerprint density at radius 1 is 0.289 bits per heavy atom. The second kappa shape index (κ2) is 10.6. The van der Waals surface area contributed by atoms with Gasteiger partial charge in [0.15, 0.2) is 0 Å². The summed E-state index contributed by atoms with van der Waals surface area (Å²) in [5, 5.41) is 0. The number of anilines is 2. The van der Waals surface area contributed by atoms with Gasteiger partial charge in [-0.15, -0.1) is 0 Å². The summed E-state index contributed by atoms with van der Waals surface area (Å²) in [7, 11) is 2.16. The molecule has 38 heavy (non-hydrogen) atoms. The molecule has 0 saturated heterocycles. The Balaban J connectivity index is 1.34. The Hall–Kier alpha value is -4.88. The maximum absolute atomic E-state index is 2.31. The number of nitrogens with zero attached hydrogens (tertiary/aromatic N) is 1. The second-order valence-corrected chi connectivity index (χ2v) is 9.48. The Labute approximate surface area is 225 Å². The van der Waals surface area contributed by atoms with Crippen LogP contribution in [0.3, 0.4) is 0 Å². The fraction of sp³-hybridized carbons (Fsp3) is 0.0270. The first-order valence-electron chi connectivity index (χ1n) is 13.0. The first-order chi connectivity index (χ1) is 18.8. The normalized spacial score (nSPS) is 10.8. The number of hydrogen-bond donors (Lipinski definition) is 0. The lowest BCUT2D eigenvalue weighted by Crippen LogP contribution is -2.11. The van der Waals surface area contributed by atoms with E-state index in [1.165, 1.54) is 55.9 Å². The zero-order valence-electron chi connectivity index (χ0n) is 21.5. The lowest BCUT2D eigenvalue weighted by atomic mass is 9.97. The molecule has 0 N–H and O–H groups in total. The highest BCUT2D eigenvalue weighted by molar-refractivity contribution is 5.88. The average molecular weight is 488 g/mol. The minimum atomic E-state index is 1.17. The highest BCUT2D eigenvalue weighted by Gasteiger charge is 2.15. The molecule has 0 aliphatic rings. The van der Waals surface area contributed by atoms with E-state index in [-0.39, 0.29) is 0 Å². The van der Waals surface area contributed by atoms with E-state index in [2.05, 4.69) is 170 Å². The molecule has 0 spiro atoms. The summed E-state index contributed by atoms with van der Waals surface area (Å²) in [6.07, 6.45) is 0. The average Bonchev–Trinajstić information content (AvgIpc) is 3.02. The van der Waals surface area contributed by atoms with Crippen LogP contribution in [0.15, 0.2) is 158 Å². The molecule has 0 aliphatic heterocycles. The van der Waals surface area contributed by atoms with Gasteiger partial charge in [-0.3, -0.25) is 0 Å². The topological polar surface area (TPSA) is 3.24 Å². The van der Waals surface area contributed by atoms with Crippen molar-refractivity contribution in [1.82, 2.24) is 0 Å². The van der Waals surface area contributed by atoms with Gasteiger partial charge >= 0.3 is 0 Å². The molecular weight excluding hydrogens is 458 g/mol. The summed E-state index contributed by atoms with van der Waals surface area (Å²) < 4.78 is 0. The molecule has 0 atom stereocenters. The number of rotatable bonds is 6. The van der Waals surface area contributed by atoms with Gasteiger partial charge in [-0.25, -0.2) is 0 Å². The van der Waals surface area contributed by atoms with Gasteiger partial charge in [-0.05, 0) is 45.5 Å². The standard InChI is InChI=1S/C37H29N/c1-38(36-18-10-8-16-34(36)32-24-20-30(21-25-32)28-12-4-2-5-13-28)37-19-11-9-17-35(37)33-26-22-31(23-27-33)29-14-6-3-7-15-29/h2-27H,1H3. The van der Waals surface area contributed by atoms with Crippen molar-refractivity contribution in [2.75, 3.05) is 11.9 Å². The van der Waals surface area contributed by atoms with E-state index in [0.717, 1.165) is 0 Å². The summed E-state index contributed by atoms with van der Waals surface area (Å²) in [5.74, 6) is 0. The number of benzene rings is 6. The molecule has 6 rings (SSSR count). The molecule has 182 valence electrons. The third-order valence-corrected chi connectivity index (χ3v) is 7.14. The van der Waals surface area contributed by atoms with Crippen LogP contribution in [-0.2, 0) is 0 Å². The Morgan fingerprint density at radius 3 is 0.974 bits per heavy atom. The highest BCUT2D eigenvalue weighted by atomic mass is 15.1. The van der Waals surface area contributed by atoms with E-state index in [4.69, 9.17) is 0 Å². The number of hydrogen-bond acceptors (Lipinski definition) is 1. The van der Waals surface area contributed by atoms with Crippen molar-refractivity contribution in [2.45, 2.75) is 0 Å². The fourth-order valence-corrected chi connectivity index (χ4v) is 5.10. The van der Waals surface area contributed by atoms with Gasteiger partial charge in [0.2, 0.25) is 0 Å². The largest absolute Gasteiger partial charge is 0.344 e. The van der Waals surface area contributed by atoms with Crippen LogP contribution < -0.4 is 4.90 Å². The third kappa shape index (κ3) is 4.75. The minimum Gasteiger partial charge on any atom is -0.344 e. The summed E-state index contributed by atoms with van der Waals surface area (Å²) >= 11 is 0. The van der Waals surface area contributed by atoms with Crippen LogP contribution in [0, 0.1) is 0 Å². The molecule has 1 heteroatoms. The van der Waals surface area contributed by atoms with E-state index < -0.39 is 0 Å². The van der Waals surface area contributed by atoms with Crippen LogP contribution in [0.4, 0.5) is 11.4 Å². The van der Waals surface area contributed by atoms with Gasteiger partial charge in [0.05, 0.1) is 0 Å². The molecule has 1 nitrogen and oxygen atoms in total. The Kier molecular flexibility index (Phi) is 6.57. The monoisotopic (exact) mass is 487 g/mol. The van der Waals surface area contributed by atoms with Crippen molar-refractivity contribution in [2.24, 2.45) is 0 Å². The summed E-state index contributed by atoms with van der Waals surface area (Å²) in [4.78, 5) is 2.31. The first kappa shape index (κ1) is 23.5. The SMILES string of the molecule is CN(c1ccccc1-c1ccc(-c2ccccc2)cc1)c1ccccc1-c1ccc(-c2ccccc2)cc1.